The topological polar surface area (TPSA) is 94.6 Å². The van der Waals surface area contributed by atoms with Gasteiger partial charge in [-0.3, -0.25) is 0 Å². The first-order valence-corrected chi connectivity index (χ1v) is 6.91. The number of nitriles is 1. The zero-order chi connectivity index (χ0) is 18.8. The van der Waals surface area contributed by atoms with Crippen LogP contribution in [0, 0.1) is 11.3 Å². The third-order valence-electron chi connectivity index (χ3n) is 3.48. The molecule has 0 fully saturated rings. The second-order valence-corrected chi connectivity index (χ2v) is 4.99. The number of carbonyl (C=O) groups is 1. The second-order valence-electron chi connectivity index (χ2n) is 4.99. The molecule has 0 radical (unpaired) electrons. The van der Waals surface area contributed by atoms with E-state index in [1.54, 1.807) is 6.07 Å². The summed E-state index contributed by atoms with van der Waals surface area (Å²) in [5.74, 6) is -2.08. The number of ether oxygens (including phenoxy) is 3. The van der Waals surface area contributed by atoms with Crippen molar-refractivity contribution >= 4 is 6.16 Å². The van der Waals surface area contributed by atoms with Gasteiger partial charge in [-0.1, -0.05) is 18.2 Å². The highest BCUT2D eigenvalue weighted by atomic mass is 19.4. The number of nitrogens with zero attached hydrogens (tertiary/aromatic N) is 1. The molecule has 1 aromatic rings. The Morgan fingerprint density at radius 2 is 2.00 bits per heavy atom. The molecule has 0 bridgehead atoms. The number of benzene rings is 1. The van der Waals surface area contributed by atoms with Gasteiger partial charge in [-0.25, -0.2) is 4.79 Å². The number of halogens is 3. The van der Waals surface area contributed by atoms with E-state index in [9.17, 15) is 23.2 Å². The fourth-order valence-corrected chi connectivity index (χ4v) is 2.43. The zero-order valence-corrected chi connectivity index (χ0v) is 13.2. The van der Waals surface area contributed by atoms with E-state index in [0.717, 1.165) is 13.2 Å². The lowest BCUT2D eigenvalue weighted by Gasteiger charge is -2.28. The van der Waals surface area contributed by atoms with E-state index in [1.807, 2.05) is 0 Å². The zero-order valence-electron chi connectivity index (χ0n) is 13.2. The molecule has 6 nitrogen and oxygen atoms in total. The largest absolute Gasteiger partial charge is 0.513 e. The first kappa shape index (κ1) is 18.2. The number of hydrogen-bond acceptors (Lipinski definition) is 6. The number of alkyl halides is 3. The number of carbonyl (C=O) groups excluding carboxylic acids is 1. The number of hydrogen-bond donors (Lipinski definition) is 1. The molecule has 1 heterocycles. The lowest BCUT2D eigenvalue weighted by atomic mass is 9.85. The maximum absolute atomic E-state index is 13.4. The summed E-state index contributed by atoms with van der Waals surface area (Å²) < 4.78 is 54.6. The smallest absolute Gasteiger partial charge is 0.442 e. The molecule has 0 aromatic heterocycles. The Kier molecular flexibility index (Phi) is 4.92. The lowest BCUT2D eigenvalue weighted by molar-refractivity contribution is -0.138. The molecule has 0 saturated heterocycles. The van der Waals surface area contributed by atoms with Gasteiger partial charge in [0, 0.05) is 0 Å². The van der Waals surface area contributed by atoms with Crippen molar-refractivity contribution in [1.82, 2.24) is 0 Å². The Bertz CT molecular complexity index is 806. The van der Waals surface area contributed by atoms with Crippen LogP contribution in [0.1, 0.15) is 24.0 Å². The van der Waals surface area contributed by atoms with Crippen LogP contribution in [0.15, 0.2) is 47.2 Å². The predicted octanol–water partition coefficient (Wildman–Crippen LogP) is 3.53. The van der Waals surface area contributed by atoms with Gasteiger partial charge < -0.3 is 19.9 Å². The number of rotatable bonds is 2. The summed E-state index contributed by atoms with van der Waals surface area (Å²) in [7, 11) is 1.04. The first-order valence-electron chi connectivity index (χ1n) is 6.91. The molecular formula is C16H13F3N2O4. The van der Waals surface area contributed by atoms with Crippen molar-refractivity contribution < 1.29 is 32.2 Å². The van der Waals surface area contributed by atoms with Crippen LogP contribution in [0.3, 0.4) is 0 Å². The van der Waals surface area contributed by atoms with Gasteiger partial charge in [-0.2, -0.15) is 18.4 Å². The highest BCUT2D eigenvalue weighted by Gasteiger charge is 2.41. The highest BCUT2D eigenvalue weighted by molar-refractivity contribution is 5.63. The van der Waals surface area contributed by atoms with E-state index in [4.69, 9.17) is 15.2 Å². The SMILES string of the molecule is COC(=O)OC1=C(C)OC(N)=C(C#N)C1c1ccccc1C(F)(F)F. The molecule has 0 spiro atoms. The molecule has 2 rings (SSSR count). The van der Waals surface area contributed by atoms with Gasteiger partial charge in [0.05, 0.1) is 18.6 Å². The van der Waals surface area contributed by atoms with Gasteiger partial charge in [-0.15, -0.1) is 0 Å². The summed E-state index contributed by atoms with van der Waals surface area (Å²) in [5, 5.41) is 9.34. The molecule has 1 atom stereocenters. The van der Waals surface area contributed by atoms with Gasteiger partial charge in [0.25, 0.3) is 0 Å². The van der Waals surface area contributed by atoms with Gasteiger partial charge in [0.2, 0.25) is 5.88 Å². The lowest BCUT2D eigenvalue weighted by Crippen LogP contribution is -2.25. The molecule has 1 aliphatic heterocycles. The maximum atomic E-state index is 13.4. The Morgan fingerprint density at radius 3 is 2.56 bits per heavy atom. The Balaban J connectivity index is 2.70. The first-order chi connectivity index (χ1) is 11.7. The summed E-state index contributed by atoms with van der Waals surface area (Å²) in [5.41, 5.74) is 4.06. The van der Waals surface area contributed by atoms with Crippen LogP contribution < -0.4 is 5.73 Å². The molecule has 0 aliphatic carbocycles. The summed E-state index contributed by atoms with van der Waals surface area (Å²) in [6.45, 7) is 1.35. The molecule has 2 N–H and O–H groups in total. The predicted molar refractivity (Wildman–Crippen MR) is 78.3 cm³/mol. The minimum absolute atomic E-state index is 0.0520. The summed E-state index contributed by atoms with van der Waals surface area (Å²) in [6.07, 6.45) is -5.85. The average molecular weight is 354 g/mol. The van der Waals surface area contributed by atoms with E-state index in [1.165, 1.54) is 25.1 Å². The van der Waals surface area contributed by atoms with Crippen LogP contribution in [0.5, 0.6) is 0 Å². The summed E-state index contributed by atoms with van der Waals surface area (Å²) in [4.78, 5) is 11.5. The van der Waals surface area contributed by atoms with Crippen LogP contribution in [0.4, 0.5) is 18.0 Å². The molecule has 1 unspecified atom stereocenters. The third-order valence-corrected chi connectivity index (χ3v) is 3.48. The van der Waals surface area contributed by atoms with E-state index in [0.29, 0.717) is 0 Å². The van der Waals surface area contributed by atoms with Gasteiger partial charge in [-0.05, 0) is 18.6 Å². The van der Waals surface area contributed by atoms with E-state index < -0.39 is 23.8 Å². The van der Waals surface area contributed by atoms with E-state index >= 15 is 0 Å². The fraction of sp³-hybridized carbons (Fsp3) is 0.250. The molecular weight excluding hydrogens is 341 g/mol. The Hall–Kier alpha value is -3.15. The van der Waals surface area contributed by atoms with Crippen molar-refractivity contribution in [1.29, 1.82) is 5.26 Å². The normalized spacial score (nSPS) is 17.7. The molecule has 0 amide bonds. The highest BCUT2D eigenvalue weighted by Crippen LogP contribution is 2.44. The van der Waals surface area contributed by atoms with E-state index in [2.05, 4.69) is 4.74 Å². The maximum Gasteiger partial charge on any atom is 0.513 e. The van der Waals surface area contributed by atoms with Crippen molar-refractivity contribution in [3.8, 4) is 6.07 Å². The monoisotopic (exact) mass is 354 g/mol. The number of allylic oxidation sites excluding steroid dienone is 2. The van der Waals surface area contributed by atoms with Crippen LogP contribution in [0.25, 0.3) is 0 Å². The molecule has 0 saturated carbocycles. The van der Waals surface area contributed by atoms with E-state index in [-0.39, 0.29) is 28.5 Å². The van der Waals surface area contributed by atoms with Crippen LogP contribution in [0.2, 0.25) is 0 Å². The third kappa shape index (κ3) is 3.52. The van der Waals surface area contributed by atoms with Crippen molar-refractivity contribution in [2.75, 3.05) is 7.11 Å². The molecule has 1 aromatic carbocycles. The van der Waals surface area contributed by atoms with Crippen LogP contribution in [-0.4, -0.2) is 13.3 Å². The van der Waals surface area contributed by atoms with Gasteiger partial charge >= 0.3 is 12.3 Å². The van der Waals surface area contributed by atoms with Gasteiger partial charge in [0.1, 0.15) is 17.4 Å². The summed E-state index contributed by atoms with van der Waals surface area (Å²) >= 11 is 0. The van der Waals surface area contributed by atoms with Crippen molar-refractivity contribution in [3.63, 3.8) is 0 Å². The molecule has 132 valence electrons. The average Bonchev–Trinajstić information content (AvgIpc) is 2.55. The van der Waals surface area contributed by atoms with Crippen LogP contribution in [-0.2, 0) is 20.4 Å². The van der Waals surface area contributed by atoms with Crippen molar-refractivity contribution in [2.24, 2.45) is 5.73 Å². The minimum Gasteiger partial charge on any atom is -0.442 e. The minimum atomic E-state index is -4.69. The number of nitrogens with two attached hydrogens (primary N) is 1. The van der Waals surface area contributed by atoms with Gasteiger partial charge in [0.15, 0.2) is 5.76 Å². The molecule has 25 heavy (non-hydrogen) atoms. The Labute approximate surface area is 140 Å². The standard InChI is InChI=1S/C16H13F3N2O4/c1-8-13(25-15(22)23-2)12(10(7-20)14(21)24-8)9-5-3-4-6-11(9)16(17,18)19/h3-6,12H,21H2,1-2H3. The molecule has 1 aliphatic rings. The number of methoxy groups -OCH3 is 1. The van der Waals surface area contributed by atoms with Crippen molar-refractivity contribution in [2.45, 2.75) is 19.0 Å². The van der Waals surface area contributed by atoms with Crippen LogP contribution >= 0.6 is 0 Å². The Morgan fingerprint density at radius 1 is 1.36 bits per heavy atom. The molecule has 9 heteroatoms. The quantitative estimate of drug-likeness (QED) is 0.817. The fourth-order valence-electron chi connectivity index (χ4n) is 2.43. The summed E-state index contributed by atoms with van der Waals surface area (Å²) in [6, 6.07) is 6.34. The van der Waals surface area contributed by atoms with Crippen molar-refractivity contribution in [3.05, 3.63) is 58.4 Å². The second kappa shape index (κ2) is 6.76.